The second kappa shape index (κ2) is 10.0. The summed E-state index contributed by atoms with van der Waals surface area (Å²) in [5.41, 5.74) is 14.9. The Morgan fingerprint density at radius 1 is 1.33 bits per heavy atom. The van der Waals surface area contributed by atoms with Crippen LogP contribution in [0, 0.1) is 6.92 Å². The van der Waals surface area contributed by atoms with Crippen molar-refractivity contribution in [1.82, 2.24) is 15.3 Å². The number of amides is 1. The van der Waals surface area contributed by atoms with Gasteiger partial charge in [0, 0.05) is 36.8 Å². The number of carbonyl (C=O) groups excluding carboxylic acids is 1. The second-order valence-corrected chi connectivity index (χ2v) is 9.67. The summed E-state index contributed by atoms with van der Waals surface area (Å²) in [5, 5.41) is 14.8. The monoisotopic (exact) mass is 468 g/mol. The maximum atomic E-state index is 11.8. The molecule has 1 unspecified atom stereocenters. The van der Waals surface area contributed by atoms with Crippen molar-refractivity contribution in [2.45, 2.75) is 51.7 Å². The highest BCUT2D eigenvalue weighted by Crippen LogP contribution is 2.37. The molecule has 0 aliphatic carbocycles. The van der Waals surface area contributed by atoms with Crippen LogP contribution in [0.3, 0.4) is 0 Å². The molecule has 4 heterocycles. The Kier molecular flexibility index (Phi) is 7.11. The molecule has 1 amide bonds. The number of aliphatic hydroxyl groups is 1. The number of hydrogen-bond acceptors (Lipinski definition) is 8. The third kappa shape index (κ3) is 5.10. The van der Waals surface area contributed by atoms with Gasteiger partial charge in [-0.3, -0.25) is 9.78 Å². The summed E-state index contributed by atoms with van der Waals surface area (Å²) < 4.78 is 0. The van der Waals surface area contributed by atoms with E-state index in [2.05, 4.69) is 28.2 Å². The summed E-state index contributed by atoms with van der Waals surface area (Å²) >= 11 is 1.28. The molecule has 4 rings (SSSR count). The molecule has 9 heteroatoms. The molecule has 1 atom stereocenters. The standard InChI is InChI=1S/C24H32N6O2S/c1-3-5-15-12-19(29-24-20(15)21(25)22(33-24)23(26)32)30-10-8-16(9-11-30)27-13-18(31)17-7-4-6-14(2)28-17/h4,6-7,12,16,18,27,31H,3,5,8-11,13,25H2,1-2H3,(H2,26,32). The minimum absolute atomic E-state index is 0.332. The van der Waals surface area contributed by atoms with E-state index in [9.17, 15) is 9.90 Å². The van der Waals surface area contributed by atoms with Crippen LogP contribution < -0.4 is 21.7 Å². The van der Waals surface area contributed by atoms with E-state index in [1.165, 1.54) is 11.3 Å². The van der Waals surface area contributed by atoms with Crippen molar-refractivity contribution in [2.75, 3.05) is 30.3 Å². The second-order valence-electron chi connectivity index (χ2n) is 8.67. The number of piperidine rings is 1. The summed E-state index contributed by atoms with van der Waals surface area (Å²) in [6.45, 7) is 6.27. The van der Waals surface area contributed by atoms with Crippen molar-refractivity contribution in [3.05, 3.63) is 46.1 Å². The van der Waals surface area contributed by atoms with Crippen molar-refractivity contribution in [2.24, 2.45) is 5.73 Å². The molecule has 33 heavy (non-hydrogen) atoms. The lowest BCUT2D eigenvalue weighted by Crippen LogP contribution is -2.44. The Labute approximate surface area is 198 Å². The number of rotatable bonds is 8. The van der Waals surface area contributed by atoms with Crippen LogP contribution in [0.5, 0.6) is 0 Å². The van der Waals surface area contributed by atoms with Gasteiger partial charge in [0.1, 0.15) is 21.6 Å². The summed E-state index contributed by atoms with van der Waals surface area (Å²) in [7, 11) is 0. The highest BCUT2D eigenvalue weighted by molar-refractivity contribution is 7.21. The first-order valence-electron chi connectivity index (χ1n) is 11.5. The van der Waals surface area contributed by atoms with E-state index in [0.717, 1.165) is 66.1 Å². The molecule has 1 aliphatic rings. The SMILES string of the molecule is CCCc1cc(N2CCC(NCC(O)c3cccc(C)n3)CC2)nc2sc(C(N)=O)c(N)c12. The predicted octanol–water partition coefficient (Wildman–Crippen LogP) is 2.93. The molecule has 6 N–H and O–H groups in total. The van der Waals surface area contributed by atoms with Gasteiger partial charge in [-0.15, -0.1) is 11.3 Å². The van der Waals surface area contributed by atoms with Crippen LogP contribution >= 0.6 is 11.3 Å². The number of thiophene rings is 1. The molecule has 1 aliphatic heterocycles. The van der Waals surface area contributed by atoms with Crippen molar-refractivity contribution >= 4 is 39.0 Å². The number of anilines is 2. The molecule has 0 saturated carbocycles. The number of fused-ring (bicyclic) bond motifs is 1. The first kappa shape index (κ1) is 23.4. The van der Waals surface area contributed by atoms with Crippen LogP contribution in [0.1, 0.15) is 58.9 Å². The van der Waals surface area contributed by atoms with E-state index < -0.39 is 12.0 Å². The molecule has 8 nitrogen and oxygen atoms in total. The number of aromatic nitrogens is 2. The Hall–Kier alpha value is -2.75. The molecular weight excluding hydrogens is 436 g/mol. The van der Waals surface area contributed by atoms with E-state index in [-0.39, 0.29) is 0 Å². The van der Waals surface area contributed by atoms with Gasteiger partial charge in [-0.2, -0.15) is 0 Å². The number of nitrogens with one attached hydrogen (secondary N) is 1. The van der Waals surface area contributed by atoms with Crippen molar-refractivity contribution in [3.63, 3.8) is 0 Å². The molecule has 0 spiro atoms. The number of aryl methyl sites for hydroxylation is 2. The van der Waals surface area contributed by atoms with Gasteiger partial charge in [-0.1, -0.05) is 19.4 Å². The van der Waals surface area contributed by atoms with Crippen LogP contribution in [-0.2, 0) is 6.42 Å². The highest BCUT2D eigenvalue weighted by Gasteiger charge is 2.24. The topological polar surface area (TPSA) is 130 Å². The van der Waals surface area contributed by atoms with Gasteiger partial charge in [0.2, 0.25) is 0 Å². The maximum absolute atomic E-state index is 11.8. The Morgan fingerprint density at radius 3 is 2.76 bits per heavy atom. The largest absolute Gasteiger partial charge is 0.397 e. The van der Waals surface area contributed by atoms with E-state index in [4.69, 9.17) is 16.5 Å². The summed E-state index contributed by atoms with van der Waals surface area (Å²) in [4.78, 5) is 24.5. The van der Waals surface area contributed by atoms with Crippen LogP contribution in [0.25, 0.3) is 10.2 Å². The van der Waals surface area contributed by atoms with Gasteiger partial charge in [0.15, 0.2) is 0 Å². The van der Waals surface area contributed by atoms with E-state index in [0.29, 0.717) is 28.8 Å². The zero-order valence-corrected chi connectivity index (χ0v) is 20.0. The van der Waals surface area contributed by atoms with E-state index >= 15 is 0 Å². The number of carbonyl (C=O) groups is 1. The molecule has 3 aromatic rings. The summed E-state index contributed by atoms with van der Waals surface area (Å²) in [6.07, 6.45) is 3.14. The molecule has 3 aromatic heterocycles. The molecule has 0 radical (unpaired) electrons. The Balaban J connectivity index is 1.42. The van der Waals surface area contributed by atoms with Crippen molar-refractivity contribution < 1.29 is 9.90 Å². The smallest absolute Gasteiger partial charge is 0.260 e. The van der Waals surface area contributed by atoms with Gasteiger partial charge >= 0.3 is 0 Å². The van der Waals surface area contributed by atoms with E-state index in [1.54, 1.807) is 0 Å². The fourth-order valence-electron chi connectivity index (χ4n) is 4.44. The Morgan fingerprint density at radius 2 is 2.09 bits per heavy atom. The third-order valence-electron chi connectivity index (χ3n) is 6.18. The summed E-state index contributed by atoms with van der Waals surface area (Å²) in [5.74, 6) is 0.417. The van der Waals surface area contributed by atoms with Crippen molar-refractivity contribution in [3.8, 4) is 0 Å². The fraction of sp³-hybridized carbons (Fsp3) is 0.458. The first-order chi connectivity index (χ1) is 15.9. The Bertz CT molecular complexity index is 1140. The zero-order valence-electron chi connectivity index (χ0n) is 19.2. The maximum Gasteiger partial charge on any atom is 0.260 e. The number of nitrogens with two attached hydrogens (primary N) is 2. The fourth-order valence-corrected chi connectivity index (χ4v) is 5.43. The van der Waals surface area contributed by atoms with Gasteiger partial charge in [0.25, 0.3) is 5.91 Å². The number of nitrogen functional groups attached to an aromatic ring is 1. The number of aliphatic hydroxyl groups excluding tert-OH is 1. The summed E-state index contributed by atoms with van der Waals surface area (Å²) in [6, 6.07) is 8.15. The number of hydrogen-bond donors (Lipinski definition) is 4. The molecule has 1 fully saturated rings. The van der Waals surface area contributed by atoms with Crippen LogP contribution in [-0.4, -0.2) is 46.7 Å². The lowest BCUT2D eigenvalue weighted by molar-refractivity contribution is 0.100. The average molecular weight is 469 g/mol. The van der Waals surface area contributed by atoms with Gasteiger partial charge in [-0.25, -0.2) is 4.98 Å². The van der Waals surface area contributed by atoms with Gasteiger partial charge in [-0.05, 0) is 49.9 Å². The molecule has 0 aromatic carbocycles. The lowest BCUT2D eigenvalue weighted by atomic mass is 10.0. The van der Waals surface area contributed by atoms with Gasteiger partial charge < -0.3 is 26.8 Å². The number of primary amides is 1. The van der Waals surface area contributed by atoms with Gasteiger partial charge in [0.05, 0.1) is 11.4 Å². The van der Waals surface area contributed by atoms with E-state index in [1.807, 2.05) is 25.1 Å². The molecular formula is C24H32N6O2S. The molecule has 176 valence electrons. The quantitative estimate of drug-likeness (QED) is 0.400. The van der Waals surface area contributed by atoms with Crippen molar-refractivity contribution in [1.29, 1.82) is 0 Å². The number of nitrogens with zero attached hydrogens (tertiary/aromatic N) is 3. The average Bonchev–Trinajstić information content (AvgIpc) is 3.15. The highest BCUT2D eigenvalue weighted by atomic mass is 32.1. The predicted molar refractivity (Wildman–Crippen MR) is 134 cm³/mol. The first-order valence-corrected chi connectivity index (χ1v) is 12.3. The third-order valence-corrected chi connectivity index (χ3v) is 7.29. The van der Waals surface area contributed by atoms with Crippen LogP contribution in [0.4, 0.5) is 11.5 Å². The minimum atomic E-state index is -0.618. The van der Waals surface area contributed by atoms with Crippen LogP contribution in [0.15, 0.2) is 24.3 Å². The van der Waals surface area contributed by atoms with Crippen LogP contribution in [0.2, 0.25) is 0 Å². The molecule has 1 saturated heterocycles. The lowest BCUT2D eigenvalue weighted by Gasteiger charge is -2.34. The zero-order chi connectivity index (χ0) is 23.5. The minimum Gasteiger partial charge on any atom is -0.397 e. The number of pyridine rings is 2. The normalized spacial score (nSPS) is 15.8. The molecule has 0 bridgehead atoms.